The third kappa shape index (κ3) is 2.54. The Morgan fingerprint density at radius 3 is 2.14 bits per heavy atom. The lowest BCUT2D eigenvalue weighted by Gasteiger charge is -2.15. The second-order valence-electron chi connectivity index (χ2n) is 3.09. The average molecular weight is 224 g/mol. The van der Waals surface area contributed by atoms with E-state index in [1.165, 1.54) is 6.07 Å². The van der Waals surface area contributed by atoms with E-state index in [0.29, 0.717) is 5.69 Å². The third-order valence-corrected chi connectivity index (χ3v) is 1.94. The zero-order valence-electron chi connectivity index (χ0n) is 7.69. The van der Waals surface area contributed by atoms with Crippen molar-refractivity contribution in [2.45, 2.75) is 6.18 Å². The summed E-state index contributed by atoms with van der Waals surface area (Å²) in [5.74, 6) is 0. The SMILES string of the molecule is CN(C)c1cc(Cl)cc(C(F)(F)F)c1. The van der Waals surface area contributed by atoms with Crippen molar-refractivity contribution < 1.29 is 13.2 Å². The van der Waals surface area contributed by atoms with Gasteiger partial charge in [0.2, 0.25) is 0 Å². The number of hydrogen-bond acceptors (Lipinski definition) is 1. The lowest BCUT2D eigenvalue weighted by molar-refractivity contribution is -0.137. The van der Waals surface area contributed by atoms with Crippen LogP contribution >= 0.6 is 11.6 Å². The van der Waals surface area contributed by atoms with Crippen LogP contribution in [0.15, 0.2) is 18.2 Å². The first-order valence-corrected chi connectivity index (χ1v) is 4.23. The molecule has 0 aromatic heterocycles. The van der Waals surface area contributed by atoms with Crippen molar-refractivity contribution in [1.82, 2.24) is 0 Å². The zero-order valence-corrected chi connectivity index (χ0v) is 8.45. The summed E-state index contributed by atoms with van der Waals surface area (Å²) in [6, 6.07) is 3.46. The summed E-state index contributed by atoms with van der Waals surface area (Å²) in [6.07, 6.45) is -4.35. The fraction of sp³-hybridized carbons (Fsp3) is 0.333. The molecule has 0 unspecified atom stereocenters. The number of nitrogens with zero attached hydrogens (tertiary/aromatic N) is 1. The second kappa shape index (κ2) is 3.69. The van der Waals surface area contributed by atoms with E-state index >= 15 is 0 Å². The summed E-state index contributed by atoms with van der Waals surface area (Å²) in [7, 11) is 3.32. The molecule has 0 aliphatic rings. The molecule has 0 bridgehead atoms. The molecule has 0 atom stereocenters. The van der Waals surface area contributed by atoms with E-state index in [4.69, 9.17) is 11.6 Å². The normalized spacial score (nSPS) is 11.6. The molecule has 1 rings (SSSR count). The van der Waals surface area contributed by atoms with Gasteiger partial charge in [-0.15, -0.1) is 0 Å². The molecule has 0 spiro atoms. The molecule has 0 saturated heterocycles. The minimum Gasteiger partial charge on any atom is -0.378 e. The highest BCUT2D eigenvalue weighted by Gasteiger charge is 2.31. The molecule has 78 valence electrons. The third-order valence-electron chi connectivity index (χ3n) is 1.73. The average Bonchev–Trinajstić information content (AvgIpc) is 2.01. The van der Waals surface area contributed by atoms with Crippen LogP contribution in [-0.4, -0.2) is 14.1 Å². The van der Waals surface area contributed by atoms with Gasteiger partial charge in [0.25, 0.3) is 0 Å². The molecule has 14 heavy (non-hydrogen) atoms. The molecular weight excluding hydrogens is 215 g/mol. The Labute approximate surface area is 85.1 Å². The number of benzene rings is 1. The molecule has 0 fully saturated rings. The first-order chi connectivity index (χ1) is 6.30. The monoisotopic (exact) mass is 223 g/mol. The van der Waals surface area contributed by atoms with Crippen molar-refractivity contribution in [2.24, 2.45) is 0 Å². The summed E-state index contributed by atoms with van der Waals surface area (Å²) in [5, 5.41) is 0.0866. The van der Waals surface area contributed by atoms with Gasteiger partial charge in [-0.3, -0.25) is 0 Å². The van der Waals surface area contributed by atoms with Crippen molar-refractivity contribution in [3.63, 3.8) is 0 Å². The first-order valence-electron chi connectivity index (χ1n) is 3.86. The quantitative estimate of drug-likeness (QED) is 0.705. The van der Waals surface area contributed by atoms with Crippen LogP contribution in [0, 0.1) is 0 Å². The molecule has 0 N–H and O–H groups in total. The maximum absolute atomic E-state index is 12.3. The Bertz CT molecular complexity index is 333. The van der Waals surface area contributed by atoms with Crippen LogP contribution in [-0.2, 0) is 6.18 Å². The van der Waals surface area contributed by atoms with Crippen molar-refractivity contribution in [3.05, 3.63) is 28.8 Å². The minimum absolute atomic E-state index is 0.0866. The van der Waals surface area contributed by atoms with E-state index in [0.717, 1.165) is 12.1 Å². The number of rotatable bonds is 1. The first kappa shape index (κ1) is 11.2. The molecule has 1 aromatic carbocycles. The zero-order chi connectivity index (χ0) is 10.9. The summed E-state index contributed by atoms with van der Waals surface area (Å²) in [4.78, 5) is 1.57. The highest BCUT2D eigenvalue weighted by Crippen LogP contribution is 2.33. The summed E-state index contributed by atoms with van der Waals surface area (Å²) in [6.45, 7) is 0. The fourth-order valence-corrected chi connectivity index (χ4v) is 1.23. The molecule has 0 saturated carbocycles. The predicted molar refractivity (Wildman–Crippen MR) is 50.8 cm³/mol. The molecule has 0 heterocycles. The van der Waals surface area contributed by atoms with Gasteiger partial charge in [0.05, 0.1) is 5.56 Å². The molecule has 5 heteroatoms. The molecule has 0 amide bonds. The maximum atomic E-state index is 12.3. The Kier molecular flexibility index (Phi) is 2.95. The van der Waals surface area contributed by atoms with Crippen LogP contribution in [0.2, 0.25) is 5.02 Å². The van der Waals surface area contributed by atoms with Gasteiger partial charge in [-0.05, 0) is 18.2 Å². The molecule has 0 radical (unpaired) electrons. The van der Waals surface area contributed by atoms with Gasteiger partial charge in [0.15, 0.2) is 0 Å². The van der Waals surface area contributed by atoms with Crippen molar-refractivity contribution in [2.75, 3.05) is 19.0 Å². The van der Waals surface area contributed by atoms with Gasteiger partial charge in [-0.2, -0.15) is 13.2 Å². The second-order valence-corrected chi connectivity index (χ2v) is 3.53. The fourth-order valence-electron chi connectivity index (χ4n) is 0.996. The van der Waals surface area contributed by atoms with Crippen LogP contribution in [0.3, 0.4) is 0 Å². The molecule has 1 aromatic rings. The molecule has 1 nitrogen and oxygen atoms in total. The Hall–Kier alpha value is -0.900. The van der Waals surface area contributed by atoms with E-state index in [2.05, 4.69) is 0 Å². The Morgan fingerprint density at radius 1 is 1.14 bits per heavy atom. The number of alkyl halides is 3. The summed E-state index contributed by atoms with van der Waals surface area (Å²) in [5.41, 5.74) is -0.293. The largest absolute Gasteiger partial charge is 0.416 e. The highest BCUT2D eigenvalue weighted by molar-refractivity contribution is 6.30. The lowest BCUT2D eigenvalue weighted by Crippen LogP contribution is -2.11. The maximum Gasteiger partial charge on any atom is 0.416 e. The van der Waals surface area contributed by atoms with Gasteiger partial charge in [-0.1, -0.05) is 11.6 Å². The van der Waals surface area contributed by atoms with E-state index in [9.17, 15) is 13.2 Å². The Balaban J connectivity index is 3.21. The number of halogens is 4. The lowest BCUT2D eigenvalue weighted by atomic mass is 10.2. The van der Waals surface area contributed by atoms with Crippen LogP contribution in [0.1, 0.15) is 5.56 Å². The van der Waals surface area contributed by atoms with Crippen LogP contribution in [0.25, 0.3) is 0 Å². The molecular formula is C9H9ClF3N. The van der Waals surface area contributed by atoms with Gasteiger partial charge in [0.1, 0.15) is 0 Å². The van der Waals surface area contributed by atoms with E-state index in [1.54, 1.807) is 19.0 Å². The minimum atomic E-state index is -4.35. The van der Waals surface area contributed by atoms with Gasteiger partial charge in [0, 0.05) is 24.8 Å². The standard InChI is InChI=1S/C9H9ClF3N/c1-14(2)8-4-6(9(11,12)13)3-7(10)5-8/h3-5H,1-2H3. The van der Waals surface area contributed by atoms with E-state index in [1.807, 2.05) is 0 Å². The molecule has 0 aliphatic heterocycles. The van der Waals surface area contributed by atoms with Crippen molar-refractivity contribution in [1.29, 1.82) is 0 Å². The van der Waals surface area contributed by atoms with Crippen molar-refractivity contribution >= 4 is 17.3 Å². The summed E-state index contributed by atoms with van der Waals surface area (Å²) >= 11 is 5.57. The van der Waals surface area contributed by atoms with Crippen LogP contribution in [0.5, 0.6) is 0 Å². The van der Waals surface area contributed by atoms with E-state index < -0.39 is 11.7 Å². The van der Waals surface area contributed by atoms with Gasteiger partial charge < -0.3 is 4.90 Å². The van der Waals surface area contributed by atoms with Crippen molar-refractivity contribution in [3.8, 4) is 0 Å². The van der Waals surface area contributed by atoms with Gasteiger partial charge in [-0.25, -0.2) is 0 Å². The topological polar surface area (TPSA) is 3.24 Å². The smallest absolute Gasteiger partial charge is 0.378 e. The predicted octanol–water partition coefficient (Wildman–Crippen LogP) is 3.42. The Morgan fingerprint density at radius 2 is 1.71 bits per heavy atom. The highest BCUT2D eigenvalue weighted by atomic mass is 35.5. The van der Waals surface area contributed by atoms with Crippen LogP contribution in [0.4, 0.5) is 18.9 Å². The molecule has 0 aliphatic carbocycles. The summed E-state index contributed by atoms with van der Waals surface area (Å²) < 4.78 is 37.0. The van der Waals surface area contributed by atoms with Crippen LogP contribution < -0.4 is 4.90 Å². The number of hydrogen-bond donors (Lipinski definition) is 0. The van der Waals surface area contributed by atoms with E-state index in [-0.39, 0.29) is 5.02 Å². The number of anilines is 1. The van der Waals surface area contributed by atoms with Gasteiger partial charge >= 0.3 is 6.18 Å².